The average molecular weight is 633 g/mol. The topological polar surface area (TPSA) is 125 Å². The van der Waals surface area contributed by atoms with Crippen LogP contribution in [-0.4, -0.2) is 47.8 Å². The first kappa shape index (κ1) is 40.4. The largest absolute Gasteiger partial charge is 0.481 e. The lowest BCUT2D eigenvalue weighted by Crippen LogP contribution is -2.17. The molecule has 0 aromatic heterocycles. The van der Waals surface area contributed by atoms with E-state index in [2.05, 4.69) is 23.6 Å². The summed E-state index contributed by atoms with van der Waals surface area (Å²) in [5, 5.41) is 24.9. The highest BCUT2D eigenvalue weighted by molar-refractivity contribution is 5.69. The molecule has 0 aromatic rings. The fourth-order valence-corrected chi connectivity index (χ4v) is 5.69. The fourth-order valence-electron chi connectivity index (χ4n) is 5.69. The number of carboxylic acids is 2. The fraction of sp³-hybridized carbons (Fsp3) is 0.757. The number of carbonyl (C=O) groups is 3. The highest BCUT2D eigenvalue weighted by Gasteiger charge is 2.14. The number of esters is 1. The number of ether oxygens (including phenoxy) is 1. The van der Waals surface area contributed by atoms with Gasteiger partial charge in [-0.05, 0) is 101 Å². The summed E-state index contributed by atoms with van der Waals surface area (Å²) < 4.78 is 5.42. The minimum atomic E-state index is -0.769. The zero-order chi connectivity index (χ0) is 32.8. The lowest BCUT2D eigenvalue weighted by molar-refractivity contribution is -0.144. The maximum Gasteiger partial charge on any atom is 0.305 e. The molecule has 0 bridgehead atoms. The molecule has 258 valence electrons. The van der Waals surface area contributed by atoms with Crippen LogP contribution in [0, 0.1) is 0 Å². The van der Waals surface area contributed by atoms with Gasteiger partial charge in [-0.15, -0.1) is 0 Å². The molecule has 8 heteroatoms. The van der Waals surface area contributed by atoms with Crippen LogP contribution in [0.1, 0.15) is 161 Å². The quantitative estimate of drug-likeness (QED) is 0.0441. The van der Waals surface area contributed by atoms with E-state index >= 15 is 0 Å². The zero-order valence-corrected chi connectivity index (χ0v) is 28.4. The summed E-state index contributed by atoms with van der Waals surface area (Å²) >= 11 is 0. The Morgan fingerprint density at radius 2 is 1.24 bits per heavy atom. The number of allylic oxidation sites excluding steroid dienone is 5. The van der Waals surface area contributed by atoms with Crippen molar-refractivity contribution >= 4 is 17.9 Å². The molecule has 0 unspecified atom stereocenters. The Labute approximate surface area is 273 Å². The summed E-state index contributed by atoms with van der Waals surface area (Å²) in [4.78, 5) is 33.9. The SMILES string of the molecule is CCCCCCCCCCCCCOC(=O)CCCCNCCCC1=CC=CNC(CCCCC(=O)O)=C1CCCCC(=O)O. The van der Waals surface area contributed by atoms with E-state index in [1.165, 1.54) is 68.9 Å². The Bertz CT molecular complexity index is 895. The molecule has 0 saturated heterocycles. The number of nitrogens with one attached hydrogen (secondary N) is 2. The van der Waals surface area contributed by atoms with E-state index in [4.69, 9.17) is 14.9 Å². The molecule has 0 saturated carbocycles. The molecule has 8 nitrogen and oxygen atoms in total. The van der Waals surface area contributed by atoms with Crippen LogP contribution >= 0.6 is 0 Å². The van der Waals surface area contributed by atoms with E-state index in [0.717, 1.165) is 83.0 Å². The standard InChI is InChI=1S/C37H64N2O6/c1-2-3-4-5-6-7-8-9-10-11-18-31-45-37(44)27-16-17-28-38-29-19-21-32-22-20-30-39-34(24-13-15-26-36(42)43)33(32)23-12-14-25-35(40)41/h20,22,30,38-39H,2-19,21,23-29,31H2,1H3,(H,40,41)(H,42,43). The number of rotatable bonds is 31. The number of carboxylic acid groups (broad SMARTS) is 2. The number of unbranched alkanes of at least 4 members (excludes halogenated alkanes) is 13. The monoisotopic (exact) mass is 632 g/mol. The maximum absolute atomic E-state index is 12.0. The molecule has 0 fully saturated rings. The van der Waals surface area contributed by atoms with Crippen molar-refractivity contribution in [2.24, 2.45) is 0 Å². The van der Waals surface area contributed by atoms with E-state index < -0.39 is 11.9 Å². The van der Waals surface area contributed by atoms with Crippen molar-refractivity contribution in [3.8, 4) is 0 Å². The average Bonchev–Trinajstić information content (AvgIpc) is 3.20. The van der Waals surface area contributed by atoms with Gasteiger partial charge < -0.3 is 25.6 Å². The molecule has 1 rings (SSSR count). The van der Waals surface area contributed by atoms with Gasteiger partial charge in [0.25, 0.3) is 0 Å². The predicted molar refractivity (Wildman–Crippen MR) is 183 cm³/mol. The summed E-state index contributed by atoms with van der Waals surface area (Å²) in [5.41, 5.74) is 3.63. The Morgan fingerprint density at radius 3 is 1.89 bits per heavy atom. The highest BCUT2D eigenvalue weighted by Crippen LogP contribution is 2.28. The molecular formula is C37H64N2O6. The molecule has 0 atom stereocenters. The van der Waals surface area contributed by atoms with Crippen molar-refractivity contribution in [2.75, 3.05) is 19.7 Å². The van der Waals surface area contributed by atoms with Crippen molar-refractivity contribution in [3.63, 3.8) is 0 Å². The van der Waals surface area contributed by atoms with Crippen molar-refractivity contribution in [1.82, 2.24) is 10.6 Å². The second kappa shape index (κ2) is 28.8. The lowest BCUT2D eigenvalue weighted by atomic mass is 9.92. The van der Waals surface area contributed by atoms with Gasteiger partial charge in [0, 0.05) is 31.2 Å². The minimum Gasteiger partial charge on any atom is -0.481 e. The molecule has 1 aliphatic rings. The molecule has 45 heavy (non-hydrogen) atoms. The van der Waals surface area contributed by atoms with Crippen molar-refractivity contribution < 1.29 is 29.3 Å². The predicted octanol–water partition coefficient (Wildman–Crippen LogP) is 8.97. The number of hydrogen-bond acceptors (Lipinski definition) is 6. The molecule has 1 heterocycles. The second-order valence-electron chi connectivity index (χ2n) is 12.4. The molecule has 4 N–H and O–H groups in total. The van der Waals surface area contributed by atoms with E-state index in [1.807, 2.05) is 12.3 Å². The Morgan fingerprint density at radius 1 is 0.667 bits per heavy atom. The Kier molecular flexibility index (Phi) is 25.9. The third-order valence-electron chi connectivity index (χ3n) is 8.33. The molecule has 1 aliphatic heterocycles. The van der Waals surface area contributed by atoms with Crippen LogP contribution < -0.4 is 10.6 Å². The zero-order valence-electron chi connectivity index (χ0n) is 28.4. The summed E-state index contributed by atoms with van der Waals surface area (Å²) in [7, 11) is 0. The van der Waals surface area contributed by atoms with E-state index in [1.54, 1.807) is 0 Å². The normalized spacial score (nSPS) is 13.0. The Balaban J connectivity index is 2.20. The molecule has 0 amide bonds. The van der Waals surface area contributed by atoms with Gasteiger partial charge in [0.1, 0.15) is 0 Å². The second-order valence-corrected chi connectivity index (χ2v) is 12.4. The van der Waals surface area contributed by atoms with Gasteiger partial charge in [-0.3, -0.25) is 14.4 Å². The number of carbonyl (C=O) groups excluding carboxylic acids is 1. The summed E-state index contributed by atoms with van der Waals surface area (Å²) in [6.07, 6.45) is 29.2. The minimum absolute atomic E-state index is 0.0783. The van der Waals surface area contributed by atoms with Gasteiger partial charge in [-0.2, -0.15) is 0 Å². The van der Waals surface area contributed by atoms with Gasteiger partial charge in [-0.25, -0.2) is 0 Å². The van der Waals surface area contributed by atoms with Crippen LogP contribution in [-0.2, 0) is 19.1 Å². The van der Waals surface area contributed by atoms with Crippen molar-refractivity contribution in [1.29, 1.82) is 0 Å². The summed E-state index contributed by atoms with van der Waals surface area (Å²) in [6.45, 7) is 4.57. The molecule has 0 aromatic carbocycles. The first-order valence-electron chi connectivity index (χ1n) is 18.1. The summed E-state index contributed by atoms with van der Waals surface area (Å²) in [5.74, 6) is -1.61. The third kappa shape index (κ3) is 24.3. The van der Waals surface area contributed by atoms with Gasteiger partial charge in [0.2, 0.25) is 0 Å². The molecule has 0 radical (unpaired) electrons. The highest BCUT2D eigenvalue weighted by atomic mass is 16.5. The molecular weight excluding hydrogens is 568 g/mol. The first-order chi connectivity index (χ1) is 21.9. The van der Waals surface area contributed by atoms with Gasteiger partial charge in [0.15, 0.2) is 0 Å². The third-order valence-corrected chi connectivity index (χ3v) is 8.33. The van der Waals surface area contributed by atoms with Crippen LogP contribution in [0.15, 0.2) is 35.2 Å². The number of hydrogen-bond donors (Lipinski definition) is 4. The number of aliphatic carboxylic acids is 2. The van der Waals surface area contributed by atoms with Crippen molar-refractivity contribution in [3.05, 3.63) is 35.2 Å². The van der Waals surface area contributed by atoms with E-state index in [-0.39, 0.29) is 18.8 Å². The lowest BCUT2D eigenvalue weighted by Gasteiger charge is -2.18. The smallest absolute Gasteiger partial charge is 0.305 e. The van der Waals surface area contributed by atoms with Crippen LogP contribution in [0.3, 0.4) is 0 Å². The van der Waals surface area contributed by atoms with Crippen LogP contribution in [0.4, 0.5) is 0 Å². The molecule has 0 spiro atoms. The van der Waals surface area contributed by atoms with Crippen molar-refractivity contribution in [2.45, 2.75) is 161 Å². The van der Waals surface area contributed by atoms with Gasteiger partial charge >= 0.3 is 17.9 Å². The van der Waals surface area contributed by atoms with E-state index in [0.29, 0.717) is 25.9 Å². The van der Waals surface area contributed by atoms with Crippen LogP contribution in [0.5, 0.6) is 0 Å². The van der Waals surface area contributed by atoms with Gasteiger partial charge in [-0.1, -0.05) is 77.2 Å². The maximum atomic E-state index is 12.0. The first-order valence-corrected chi connectivity index (χ1v) is 18.1. The van der Waals surface area contributed by atoms with E-state index in [9.17, 15) is 14.4 Å². The van der Waals surface area contributed by atoms with Gasteiger partial charge in [0.05, 0.1) is 6.61 Å². The molecule has 0 aliphatic carbocycles. The summed E-state index contributed by atoms with van der Waals surface area (Å²) in [6, 6.07) is 0. The van der Waals surface area contributed by atoms with Crippen LogP contribution in [0.25, 0.3) is 0 Å². The van der Waals surface area contributed by atoms with Crippen LogP contribution in [0.2, 0.25) is 0 Å². The Hall–Kier alpha value is -2.61.